The standard InChI is InChI=1S/C20H11IN4O6/c21-13-3-1-11(2-4-13)20-23-16-8-14(5-6-18(16)31-20)22-10-12-7-15(24(27)28)9-17(19(12)26)25(29)30/h1-10,26H. The van der Waals surface area contributed by atoms with Gasteiger partial charge in [-0.2, -0.15) is 0 Å². The smallest absolute Gasteiger partial charge is 0.318 e. The molecule has 0 aliphatic rings. The first-order valence-electron chi connectivity index (χ1n) is 8.68. The molecule has 0 aliphatic heterocycles. The monoisotopic (exact) mass is 530 g/mol. The van der Waals surface area contributed by atoms with Crippen LogP contribution in [0.1, 0.15) is 5.56 Å². The van der Waals surface area contributed by atoms with E-state index in [1.165, 1.54) is 0 Å². The number of nitrogens with zero attached hydrogens (tertiary/aromatic N) is 4. The van der Waals surface area contributed by atoms with Gasteiger partial charge in [-0.3, -0.25) is 25.2 Å². The fourth-order valence-corrected chi connectivity index (χ4v) is 3.18. The van der Waals surface area contributed by atoms with Gasteiger partial charge in [0.05, 0.1) is 21.6 Å². The maximum absolute atomic E-state index is 11.1. The normalized spacial score (nSPS) is 11.3. The summed E-state index contributed by atoms with van der Waals surface area (Å²) < 4.78 is 6.84. The third kappa shape index (κ3) is 4.21. The van der Waals surface area contributed by atoms with Crippen LogP contribution in [0.25, 0.3) is 22.6 Å². The number of phenols is 1. The van der Waals surface area contributed by atoms with E-state index in [1.807, 2.05) is 24.3 Å². The van der Waals surface area contributed by atoms with Crippen molar-refractivity contribution in [3.8, 4) is 17.2 Å². The number of fused-ring (bicyclic) bond motifs is 1. The molecular weight excluding hydrogens is 519 g/mol. The van der Waals surface area contributed by atoms with Crippen molar-refractivity contribution < 1.29 is 19.4 Å². The molecule has 4 aromatic rings. The second-order valence-electron chi connectivity index (χ2n) is 6.35. The number of nitro groups is 2. The van der Waals surface area contributed by atoms with Crippen molar-refractivity contribution in [3.05, 3.63) is 84.0 Å². The molecular formula is C20H11IN4O6. The number of phenolic OH excluding ortho intramolecular Hbond substituents is 1. The molecule has 0 saturated carbocycles. The van der Waals surface area contributed by atoms with E-state index in [9.17, 15) is 25.3 Å². The number of hydrogen-bond donors (Lipinski definition) is 1. The van der Waals surface area contributed by atoms with Gasteiger partial charge in [-0.25, -0.2) is 4.98 Å². The maximum atomic E-state index is 11.1. The van der Waals surface area contributed by atoms with Gasteiger partial charge in [0.2, 0.25) is 11.6 Å². The fraction of sp³-hybridized carbons (Fsp3) is 0. The average molecular weight is 530 g/mol. The largest absolute Gasteiger partial charge is 0.502 e. The molecule has 11 heteroatoms. The minimum absolute atomic E-state index is 0.152. The van der Waals surface area contributed by atoms with Crippen molar-refractivity contribution in [2.45, 2.75) is 0 Å². The van der Waals surface area contributed by atoms with Gasteiger partial charge in [-0.15, -0.1) is 0 Å². The molecule has 10 nitrogen and oxygen atoms in total. The predicted molar refractivity (Wildman–Crippen MR) is 121 cm³/mol. The Morgan fingerprint density at radius 2 is 1.77 bits per heavy atom. The number of aromatic nitrogens is 1. The Morgan fingerprint density at radius 3 is 2.45 bits per heavy atom. The van der Waals surface area contributed by atoms with Gasteiger partial charge in [-0.05, 0) is 65.1 Å². The van der Waals surface area contributed by atoms with E-state index in [0.717, 1.165) is 21.4 Å². The van der Waals surface area contributed by atoms with Crippen molar-refractivity contribution in [2.24, 2.45) is 4.99 Å². The first-order valence-corrected chi connectivity index (χ1v) is 9.76. The fourth-order valence-electron chi connectivity index (χ4n) is 2.82. The highest BCUT2D eigenvalue weighted by atomic mass is 127. The number of non-ortho nitro benzene ring substituents is 1. The summed E-state index contributed by atoms with van der Waals surface area (Å²) in [4.78, 5) is 29.0. The zero-order chi connectivity index (χ0) is 22.1. The summed E-state index contributed by atoms with van der Waals surface area (Å²) in [6, 6.07) is 14.3. The molecule has 0 unspecified atom stereocenters. The van der Waals surface area contributed by atoms with Crippen LogP contribution >= 0.6 is 22.6 Å². The molecule has 1 heterocycles. The van der Waals surface area contributed by atoms with Gasteiger partial charge in [0.15, 0.2) is 5.58 Å². The summed E-state index contributed by atoms with van der Waals surface area (Å²) >= 11 is 2.20. The van der Waals surface area contributed by atoms with Crippen molar-refractivity contribution >= 4 is 57.0 Å². The number of hydrogen-bond acceptors (Lipinski definition) is 8. The second kappa shape index (κ2) is 8.10. The van der Waals surface area contributed by atoms with Crippen LogP contribution in [0.3, 0.4) is 0 Å². The number of benzene rings is 3. The van der Waals surface area contributed by atoms with Crippen LogP contribution in [-0.4, -0.2) is 26.2 Å². The number of halogens is 1. The SMILES string of the molecule is O=[N+]([O-])c1cc(C=Nc2ccc3oc(-c4ccc(I)cc4)nc3c2)c(O)c([N+](=O)[O-])c1. The summed E-state index contributed by atoms with van der Waals surface area (Å²) in [5.41, 5.74) is 0.864. The van der Waals surface area contributed by atoms with Crippen molar-refractivity contribution in [3.63, 3.8) is 0 Å². The molecule has 0 aliphatic carbocycles. The lowest BCUT2D eigenvalue weighted by Gasteiger charge is -2.01. The zero-order valence-electron chi connectivity index (χ0n) is 15.4. The Balaban J connectivity index is 1.69. The molecule has 0 atom stereocenters. The lowest BCUT2D eigenvalue weighted by atomic mass is 10.1. The highest BCUT2D eigenvalue weighted by molar-refractivity contribution is 14.1. The van der Waals surface area contributed by atoms with Gasteiger partial charge in [-0.1, -0.05) is 0 Å². The minimum atomic E-state index is -0.896. The summed E-state index contributed by atoms with van der Waals surface area (Å²) in [6.07, 6.45) is 1.12. The Bertz CT molecular complexity index is 1360. The highest BCUT2D eigenvalue weighted by Gasteiger charge is 2.23. The number of aliphatic imine (C=N–C) groups is 1. The van der Waals surface area contributed by atoms with Crippen molar-refractivity contribution in [1.29, 1.82) is 0 Å². The second-order valence-corrected chi connectivity index (χ2v) is 7.60. The summed E-state index contributed by atoms with van der Waals surface area (Å²) in [5, 5.41) is 32.2. The molecule has 0 fully saturated rings. The maximum Gasteiger partial charge on any atom is 0.318 e. The third-order valence-electron chi connectivity index (χ3n) is 4.33. The van der Waals surface area contributed by atoms with E-state index in [2.05, 4.69) is 32.6 Å². The third-order valence-corrected chi connectivity index (χ3v) is 5.05. The molecule has 1 aromatic heterocycles. The molecule has 0 saturated heterocycles. The lowest BCUT2D eigenvalue weighted by Crippen LogP contribution is -1.96. The number of nitro benzene ring substituents is 2. The first-order chi connectivity index (χ1) is 14.8. The molecule has 0 spiro atoms. The first kappa shape index (κ1) is 20.4. The Morgan fingerprint density at radius 1 is 1.03 bits per heavy atom. The van der Waals surface area contributed by atoms with E-state index in [4.69, 9.17) is 4.42 Å². The summed E-state index contributed by atoms with van der Waals surface area (Å²) in [6.45, 7) is 0. The van der Waals surface area contributed by atoms with Crippen LogP contribution in [0.4, 0.5) is 17.1 Å². The van der Waals surface area contributed by atoms with Gasteiger partial charge in [0, 0.05) is 27.0 Å². The van der Waals surface area contributed by atoms with Crippen LogP contribution in [0.15, 0.2) is 64.0 Å². The Labute approximate surface area is 187 Å². The Kier molecular flexibility index (Phi) is 5.33. The van der Waals surface area contributed by atoms with Crippen molar-refractivity contribution in [2.75, 3.05) is 0 Å². The van der Waals surface area contributed by atoms with Crippen LogP contribution in [0.5, 0.6) is 5.75 Å². The van der Waals surface area contributed by atoms with Gasteiger partial charge < -0.3 is 9.52 Å². The highest BCUT2D eigenvalue weighted by Crippen LogP contribution is 2.34. The van der Waals surface area contributed by atoms with E-state index < -0.39 is 27.0 Å². The number of oxazole rings is 1. The van der Waals surface area contributed by atoms with E-state index in [1.54, 1.807) is 18.2 Å². The minimum Gasteiger partial charge on any atom is -0.502 e. The van der Waals surface area contributed by atoms with Gasteiger partial charge in [0.25, 0.3) is 5.69 Å². The van der Waals surface area contributed by atoms with Crippen LogP contribution in [-0.2, 0) is 0 Å². The predicted octanol–water partition coefficient (Wildman–Crippen LogP) is 5.37. The Hall–Kier alpha value is -3.87. The van der Waals surface area contributed by atoms with Gasteiger partial charge in [0.1, 0.15) is 5.52 Å². The zero-order valence-corrected chi connectivity index (χ0v) is 17.6. The van der Waals surface area contributed by atoms with Crippen molar-refractivity contribution in [1.82, 2.24) is 4.98 Å². The number of rotatable bonds is 5. The number of aromatic hydroxyl groups is 1. The molecule has 31 heavy (non-hydrogen) atoms. The molecule has 0 radical (unpaired) electrons. The van der Waals surface area contributed by atoms with E-state index >= 15 is 0 Å². The average Bonchev–Trinajstić information content (AvgIpc) is 3.16. The van der Waals surface area contributed by atoms with Crippen LogP contribution in [0.2, 0.25) is 0 Å². The molecule has 3 aromatic carbocycles. The quantitative estimate of drug-likeness (QED) is 0.158. The lowest BCUT2D eigenvalue weighted by molar-refractivity contribution is -0.394. The topological polar surface area (TPSA) is 145 Å². The summed E-state index contributed by atoms with van der Waals surface area (Å²) in [5.74, 6) is -0.262. The van der Waals surface area contributed by atoms with E-state index in [0.29, 0.717) is 28.7 Å². The molecule has 0 bridgehead atoms. The summed E-state index contributed by atoms with van der Waals surface area (Å²) in [7, 11) is 0. The van der Waals surface area contributed by atoms with Gasteiger partial charge >= 0.3 is 5.69 Å². The molecule has 1 N–H and O–H groups in total. The molecule has 0 amide bonds. The molecule has 4 rings (SSSR count). The van der Waals surface area contributed by atoms with Crippen LogP contribution in [0, 0.1) is 23.8 Å². The molecule has 154 valence electrons. The van der Waals surface area contributed by atoms with Crippen LogP contribution < -0.4 is 0 Å². The van der Waals surface area contributed by atoms with E-state index in [-0.39, 0.29) is 5.56 Å².